The van der Waals surface area contributed by atoms with Gasteiger partial charge in [-0.15, -0.1) is 0 Å². The zero-order chi connectivity index (χ0) is 26.0. The number of esters is 1. The first-order chi connectivity index (χ1) is 17.0. The molecule has 2 atom stereocenters. The molecule has 0 aliphatic heterocycles. The molecule has 0 saturated carbocycles. The topological polar surface area (TPSA) is 26.3 Å². The van der Waals surface area contributed by atoms with Crippen molar-refractivity contribution in [2.75, 3.05) is 6.61 Å². The fourth-order valence-corrected chi connectivity index (χ4v) is 4.76. The van der Waals surface area contributed by atoms with Crippen molar-refractivity contribution in [1.29, 1.82) is 0 Å². The van der Waals surface area contributed by atoms with Crippen LogP contribution in [0, 0.1) is 17.8 Å². The number of rotatable bonds is 26. The van der Waals surface area contributed by atoms with Crippen molar-refractivity contribution in [2.24, 2.45) is 17.8 Å². The second kappa shape index (κ2) is 26.3. The maximum Gasteiger partial charge on any atom is 0.305 e. The third kappa shape index (κ3) is 27.6. The largest absolute Gasteiger partial charge is 0.466 e. The summed E-state index contributed by atoms with van der Waals surface area (Å²) in [6.45, 7) is 12.2. The molecule has 0 heterocycles. The number of ether oxygens (including phenoxy) is 1. The molecule has 2 heteroatoms. The van der Waals surface area contributed by atoms with Crippen molar-refractivity contribution >= 4 is 5.97 Å². The number of hydrogen-bond donors (Lipinski definition) is 0. The normalized spacial score (nSPS) is 13.5. The maximum atomic E-state index is 12.0. The highest BCUT2D eigenvalue weighted by Gasteiger charge is 2.08. The number of hydrogen-bond acceptors (Lipinski definition) is 2. The molecule has 0 spiro atoms. The first-order valence-electron chi connectivity index (χ1n) is 15.8. The lowest BCUT2D eigenvalue weighted by Gasteiger charge is -2.15. The van der Waals surface area contributed by atoms with Gasteiger partial charge >= 0.3 is 5.97 Å². The quantitative estimate of drug-likeness (QED) is 0.0681. The SMILES string of the molecule is CCCCCCCC/C=C/CCCCCCCC(=O)OCCC(C)CCCC(C)CCCC(C)C. The third-order valence-corrected chi connectivity index (χ3v) is 7.39. The summed E-state index contributed by atoms with van der Waals surface area (Å²) >= 11 is 0. The van der Waals surface area contributed by atoms with Crippen LogP contribution < -0.4 is 0 Å². The lowest BCUT2D eigenvalue weighted by atomic mass is 9.93. The molecular weight excluding hydrogens is 428 g/mol. The number of carbonyl (C=O) groups excluding carboxylic acids is 1. The number of allylic oxidation sites excluding steroid dienone is 2. The van der Waals surface area contributed by atoms with Crippen LogP contribution in [0.15, 0.2) is 12.2 Å². The Hall–Kier alpha value is -0.790. The van der Waals surface area contributed by atoms with Crippen molar-refractivity contribution in [3.63, 3.8) is 0 Å². The molecule has 0 radical (unpaired) electrons. The minimum Gasteiger partial charge on any atom is -0.466 e. The highest BCUT2D eigenvalue weighted by atomic mass is 16.5. The smallest absolute Gasteiger partial charge is 0.305 e. The van der Waals surface area contributed by atoms with E-state index >= 15 is 0 Å². The average Bonchev–Trinajstić information content (AvgIpc) is 2.81. The molecule has 0 saturated heterocycles. The van der Waals surface area contributed by atoms with Crippen LogP contribution in [0.2, 0.25) is 0 Å². The van der Waals surface area contributed by atoms with E-state index in [2.05, 4.69) is 46.8 Å². The molecule has 35 heavy (non-hydrogen) atoms. The van der Waals surface area contributed by atoms with Crippen LogP contribution in [0.3, 0.4) is 0 Å². The van der Waals surface area contributed by atoms with Gasteiger partial charge in [0.25, 0.3) is 0 Å². The van der Waals surface area contributed by atoms with E-state index < -0.39 is 0 Å². The average molecular weight is 493 g/mol. The summed E-state index contributed by atoms with van der Waals surface area (Å²) in [4.78, 5) is 12.0. The first-order valence-corrected chi connectivity index (χ1v) is 15.8. The van der Waals surface area contributed by atoms with Crippen molar-refractivity contribution in [2.45, 2.75) is 169 Å². The van der Waals surface area contributed by atoms with Gasteiger partial charge in [-0.05, 0) is 56.3 Å². The summed E-state index contributed by atoms with van der Waals surface area (Å²) in [7, 11) is 0. The van der Waals surface area contributed by atoms with E-state index in [1.165, 1.54) is 109 Å². The van der Waals surface area contributed by atoms with Gasteiger partial charge in [-0.2, -0.15) is 0 Å². The predicted molar refractivity (Wildman–Crippen MR) is 156 cm³/mol. The van der Waals surface area contributed by atoms with Gasteiger partial charge in [0.2, 0.25) is 0 Å². The Bertz CT molecular complexity index is 468. The summed E-state index contributed by atoms with van der Waals surface area (Å²) in [6.07, 6.45) is 31.1. The van der Waals surface area contributed by atoms with E-state index in [-0.39, 0.29) is 5.97 Å². The summed E-state index contributed by atoms with van der Waals surface area (Å²) in [5, 5.41) is 0. The molecule has 0 rings (SSSR count). The molecule has 0 fully saturated rings. The Morgan fingerprint density at radius 3 is 1.66 bits per heavy atom. The van der Waals surface area contributed by atoms with Gasteiger partial charge < -0.3 is 4.74 Å². The van der Waals surface area contributed by atoms with Crippen LogP contribution in [0.4, 0.5) is 0 Å². The van der Waals surface area contributed by atoms with Crippen LogP contribution in [0.1, 0.15) is 169 Å². The van der Waals surface area contributed by atoms with Crippen LogP contribution in [0.25, 0.3) is 0 Å². The van der Waals surface area contributed by atoms with Gasteiger partial charge in [-0.1, -0.05) is 137 Å². The van der Waals surface area contributed by atoms with Crippen molar-refractivity contribution in [3.8, 4) is 0 Å². The molecule has 0 aliphatic rings. The van der Waals surface area contributed by atoms with E-state index in [4.69, 9.17) is 4.74 Å². The van der Waals surface area contributed by atoms with E-state index in [0.29, 0.717) is 18.9 Å². The molecule has 0 aromatic rings. The molecule has 0 aromatic carbocycles. The van der Waals surface area contributed by atoms with Gasteiger partial charge in [0.1, 0.15) is 0 Å². The predicted octanol–water partition coefficient (Wildman–Crippen LogP) is 11.2. The fourth-order valence-electron chi connectivity index (χ4n) is 4.76. The summed E-state index contributed by atoms with van der Waals surface area (Å²) in [5.41, 5.74) is 0. The highest BCUT2D eigenvalue weighted by Crippen LogP contribution is 2.20. The Morgan fingerprint density at radius 1 is 0.600 bits per heavy atom. The van der Waals surface area contributed by atoms with Gasteiger partial charge in [0.05, 0.1) is 6.61 Å². The van der Waals surface area contributed by atoms with Crippen molar-refractivity contribution in [3.05, 3.63) is 12.2 Å². The molecule has 0 aromatic heterocycles. The molecule has 0 aliphatic carbocycles. The van der Waals surface area contributed by atoms with Gasteiger partial charge in [-0.25, -0.2) is 0 Å². The van der Waals surface area contributed by atoms with E-state index in [1.807, 2.05) is 0 Å². The summed E-state index contributed by atoms with van der Waals surface area (Å²) in [5.74, 6) is 2.35. The molecule has 208 valence electrons. The second-order valence-electron chi connectivity index (χ2n) is 11.8. The first kappa shape index (κ1) is 34.2. The second-order valence-corrected chi connectivity index (χ2v) is 11.8. The van der Waals surface area contributed by atoms with Crippen LogP contribution in [-0.4, -0.2) is 12.6 Å². The third-order valence-electron chi connectivity index (χ3n) is 7.39. The monoisotopic (exact) mass is 492 g/mol. The molecule has 2 nitrogen and oxygen atoms in total. The lowest BCUT2D eigenvalue weighted by Crippen LogP contribution is -2.09. The Morgan fingerprint density at radius 2 is 1.09 bits per heavy atom. The minimum absolute atomic E-state index is 0.00796. The van der Waals surface area contributed by atoms with E-state index in [1.54, 1.807) is 0 Å². The molecule has 0 bridgehead atoms. The Balaban J connectivity index is 3.41. The van der Waals surface area contributed by atoms with Gasteiger partial charge in [0.15, 0.2) is 0 Å². The lowest BCUT2D eigenvalue weighted by molar-refractivity contribution is -0.144. The van der Waals surface area contributed by atoms with Crippen molar-refractivity contribution in [1.82, 2.24) is 0 Å². The zero-order valence-corrected chi connectivity index (χ0v) is 24.8. The Kier molecular flexibility index (Phi) is 25.7. The zero-order valence-electron chi connectivity index (χ0n) is 24.8. The number of carbonyl (C=O) groups is 1. The standard InChI is InChI=1S/C33H64O2/c1-6-7-8-9-10-11-12-13-14-15-16-17-18-19-20-27-33(34)35-29-28-32(5)26-22-25-31(4)24-21-23-30(2)3/h13-14,30-32H,6-12,15-29H2,1-5H3/b14-13+. The summed E-state index contributed by atoms with van der Waals surface area (Å²) in [6, 6.07) is 0. The van der Waals surface area contributed by atoms with Crippen LogP contribution in [0.5, 0.6) is 0 Å². The molecule has 0 amide bonds. The van der Waals surface area contributed by atoms with Crippen molar-refractivity contribution < 1.29 is 9.53 Å². The van der Waals surface area contributed by atoms with Gasteiger partial charge in [-0.3, -0.25) is 4.79 Å². The molecular formula is C33H64O2. The maximum absolute atomic E-state index is 12.0. The Labute approximate surface area is 221 Å². The van der Waals surface area contributed by atoms with Crippen LogP contribution in [-0.2, 0) is 9.53 Å². The molecule has 2 unspecified atom stereocenters. The van der Waals surface area contributed by atoms with E-state index in [9.17, 15) is 4.79 Å². The van der Waals surface area contributed by atoms with Gasteiger partial charge in [0, 0.05) is 6.42 Å². The summed E-state index contributed by atoms with van der Waals surface area (Å²) < 4.78 is 5.49. The molecule has 0 N–H and O–H groups in total. The van der Waals surface area contributed by atoms with Crippen LogP contribution >= 0.6 is 0 Å². The fraction of sp³-hybridized carbons (Fsp3) is 0.909. The highest BCUT2D eigenvalue weighted by molar-refractivity contribution is 5.69. The van der Waals surface area contributed by atoms with E-state index in [0.717, 1.165) is 31.1 Å². The minimum atomic E-state index is 0.00796. The number of unbranched alkanes of at least 4 members (excludes halogenated alkanes) is 11.